The normalized spacial score (nSPS) is 14.7. The zero-order valence-corrected chi connectivity index (χ0v) is 18.0. The van der Waals surface area contributed by atoms with E-state index in [4.69, 9.17) is 11.6 Å². The molecule has 1 saturated heterocycles. The van der Waals surface area contributed by atoms with Crippen LogP contribution in [0.25, 0.3) is 22.3 Å². The summed E-state index contributed by atoms with van der Waals surface area (Å²) in [6.07, 6.45) is 1.58. The van der Waals surface area contributed by atoms with E-state index in [1.165, 1.54) is 5.56 Å². The van der Waals surface area contributed by atoms with Crippen LogP contribution >= 0.6 is 11.6 Å². The van der Waals surface area contributed by atoms with Crippen LogP contribution < -0.4 is 10.6 Å². The average molecular weight is 433 g/mol. The zero-order valence-electron chi connectivity index (χ0n) is 17.2. The number of benzene rings is 2. The van der Waals surface area contributed by atoms with Crippen molar-refractivity contribution >= 4 is 28.5 Å². The van der Waals surface area contributed by atoms with Gasteiger partial charge in [0.15, 0.2) is 0 Å². The molecule has 0 unspecified atom stereocenters. The van der Waals surface area contributed by atoms with Crippen LogP contribution in [0.5, 0.6) is 0 Å². The van der Waals surface area contributed by atoms with E-state index in [2.05, 4.69) is 60.8 Å². The summed E-state index contributed by atoms with van der Waals surface area (Å²) in [4.78, 5) is 14.8. The summed E-state index contributed by atoms with van der Waals surface area (Å²) in [7, 11) is 0. The third kappa shape index (κ3) is 4.56. The highest BCUT2D eigenvalue weighted by molar-refractivity contribution is 6.31. The molecule has 6 nitrogen and oxygen atoms in total. The fourth-order valence-electron chi connectivity index (χ4n) is 3.97. The molecule has 2 aromatic carbocycles. The topological polar surface area (TPSA) is 68.9 Å². The number of halogens is 1. The zero-order chi connectivity index (χ0) is 21.0. The van der Waals surface area contributed by atoms with E-state index in [-0.39, 0.29) is 0 Å². The number of fused-ring (bicyclic) bond motifs is 1. The lowest BCUT2D eigenvalue weighted by Gasteiger charge is -2.27. The molecular formula is C24H25ClN6. The minimum atomic E-state index is 0.604. The minimum Gasteiger partial charge on any atom is -0.365 e. The van der Waals surface area contributed by atoms with E-state index >= 15 is 0 Å². The molecule has 1 aliphatic heterocycles. The van der Waals surface area contributed by atoms with E-state index in [0.29, 0.717) is 6.54 Å². The number of nitrogens with one attached hydrogen (secondary N) is 3. The van der Waals surface area contributed by atoms with Crippen molar-refractivity contribution in [1.82, 2.24) is 25.2 Å². The van der Waals surface area contributed by atoms with Crippen molar-refractivity contribution in [3.63, 3.8) is 0 Å². The maximum Gasteiger partial charge on any atom is 0.143 e. The van der Waals surface area contributed by atoms with Gasteiger partial charge in [-0.2, -0.15) is 0 Å². The number of H-pyrrole nitrogens is 1. The number of hydrogen-bond acceptors (Lipinski definition) is 5. The first-order chi connectivity index (χ1) is 15.3. The fraction of sp³-hybridized carbons (Fsp3) is 0.250. The largest absolute Gasteiger partial charge is 0.365 e. The predicted octanol–water partition coefficient (Wildman–Crippen LogP) is 4.30. The van der Waals surface area contributed by atoms with Gasteiger partial charge in [-0.25, -0.2) is 9.97 Å². The summed E-state index contributed by atoms with van der Waals surface area (Å²) < 4.78 is 0. The van der Waals surface area contributed by atoms with E-state index < -0.39 is 0 Å². The molecule has 3 N–H and O–H groups in total. The molecule has 0 saturated carbocycles. The van der Waals surface area contributed by atoms with Crippen LogP contribution in [0.15, 0.2) is 60.9 Å². The molecule has 0 atom stereocenters. The van der Waals surface area contributed by atoms with Gasteiger partial charge in [-0.15, -0.1) is 0 Å². The van der Waals surface area contributed by atoms with Crippen LogP contribution in [0, 0.1) is 0 Å². The molecule has 0 spiro atoms. The fourth-order valence-corrected chi connectivity index (χ4v) is 4.18. The molecule has 2 aromatic heterocycles. The van der Waals surface area contributed by atoms with Crippen molar-refractivity contribution < 1.29 is 0 Å². The molecule has 1 fully saturated rings. The summed E-state index contributed by atoms with van der Waals surface area (Å²) in [6.45, 7) is 5.95. The Morgan fingerprint density at radius 2 is 1.81 bits per heavy atom. The first kappa shape index (κ1) is 20.0. The lowest BCUT2D eigenvalue weighted by atomic mass is 10.1. The molecule has 3 heterocycles. The quantitative estimate of drug-likeness (QED) is 0.424. The molecule has 0 amide bonds. The summed E-state index contributed by atoms with van der Waals surface area (Å²) in [5.74, 6) is 0.794. The second-order valence-electron chi connectivity index (χ2n) is 7.84. The number of anilines is 1. The summed E-state index contributed by atoms with van der Waals surface area (Å²) in [5, 5.41) is 8.51. The van der Waals surface area contributed by atoms with Gasteiger partial charge in [0.1, 0.15) is 17.8 Å². The number of rotatable bonds is 6. The maximum absolute atomic E-state index is 6.28. The number of hydrogen-bond donors (Lipinski definition) is 3. The van der Waals surface area contributed by atoms with Crippen LogP contribution in [-0.2, 0) is 13.1 Å². The van der Waals surface area contributed by atoms with Gasteiger partial charge >= 0.3 is 0 Å². The average Bonchev–Trinajstić information content (AvgIpc) is 3.25. The molecule has 5 rings (SSSR count). The van der Waals surface area contributed by atoms with Crippen LogP contribution in [-0.4, -0.2) is 46.0 Å². The van der Waals surface area contributed by atoms with E-state index in [1.54, 1.807) is 6.33 Å². The number of nitrogens with zero attached hydrogens (tertiary/aromatic N) is 3. The highest BCUT2D eigenvalue weighted by atomic mass is 35.5. The van der Waals surface area contributed by atoms with Crippen molar-refractivity contribution in [2.45, 2.75) is 13.1 Å². The third-order valence-electron chi connectivity index (χ3n) is 5.71. The lowest BCUT2D eigenvalue weighted by molar-refractivity contribution is 0.233. The second-order valence-corrected chi connectivity index (χ2v) is 8.24. The first-order valence-electron chi connectivity index (χ1n) is 10.6. The van der Waals surface area contributed by atoms with Gasteiger partial charge in [-0.3, -0.25) is 4.90 Å². The van der Waals surface area contributed by atoms with Gasteiger partial charge in [0.25, 0.3) is 0 Å². The predicted molar refractivity (Wildman–Crippen MR) is 126 cm³/mol. The molecule has 0 bridgehead atoms. The van der Waals surface area contributed by atoms with Crippen molar-refractivity contribution in [3.8, 4) is 11.3 Å². The van der Waals surface area contributed by atoms with E-state index in [9.17, 15) is 0 Å². The number of piperazine rings is 1. The standard InChI is InChI=1S/C24H25ClN6/c25-21-4-2-1-3-19(21)14-27-23-20-13-22(30-24(20)29-16-28-23)18-7-5-17(6-8-18)15-31-11-9-26-10-12-31/h1-8,13,16,26H,9-12,14-15H2,(H2,27,28,29,30). The van der Waals surface area contributed by atoms with E-state index in [0.717, 1.165) is 71.4 Å². The molecule has 7 heteroatoms. The second kappa shape index (κ2) is 9.06. The monoisotopic (exact) mass is 432 g/mol. The van der Waals surface area contributed by atoms with Crippen LogP contribution in [0.1, 0.15) is 11.1 Å². The van der Waals surface area contributed by atoms with Crippen molar-refractivity contribution in [2.24, 2.45) is 0 Å². The van der Waals surface area contributed by atoms with Crippen molar-refractivity contribution in [2.75, 3.05) is 31.5 Å². The smallest absolute Gasteiger partial charge is 0.143 e. The Kier molecular flexibility index (Phi) is 5.84. The Labute approximate surface area is 186 Å². The first-order valence-corrected chi connectivity index (χ1v) is 11.0. The summed E-state index contributed by atoms with van der Waals surface area (Å²) >= 11 is 6.28. The van der Waals surface area contributed by atoms with Crippen LogP contribution in [0.3, 0.4) is 0 Å². The van der Waals surface area contributed by atoms with Crippen molar-refractivity contribution in [1.29, 1.82) is 0 Å². The third-order valence-corrected chi connectivity index (χ3v) is 6.08. The van der Waals surface area contributed by atoms with Gasteiger partial charge in [-0.1, -0.05) is 54.1 Å². The SMILES string of the molecule is Clc1ccccc1CNc1ncnc2[nH]c(-c3ccc(CN4CCNCC4)cc3)cc12. The number of aromatic nitrogens is 3. The van der Waals surface area contributed by atoms with Crippen molar-refractivity contribution in [3.05, 3.63) is 77.1 Å². The lowest BCUT2D eigenvalue weighted by Crippen LogP contribution is -2.42. The Hall–Kier alpha value is -2.93. The van der Waals surface area contributed by atoms with Gasteiger partial charge in [0.05, 0.1) is 5.39 Å². The Bertz CT molecular complexity index is 1160. The molecule has 1 aliphatic rings. The van der Waals surface area contributed by atoms with Gasteiger partial charge < -0.3 is 15.6 Å². The Morgan fingerprint density at radius 1 is 1.00 bits per heavy atom. The highest BCUT2D eigenvalue weighted by Gasteiger charge is 2.12. The molecular weight excluding hydrogens is 408 g/mol. The molecule has 0 radical (unpaired) electrons. The Balaban J connectivity index is 1.33. The van der Waals surface area contributed by atoms with E-state index in [1.807, 2.05) is 24.3 Å². The van der Waals surface area contributed by atoms with Gasteiger partial charge in [0, 0.05) is 50.0 Å². The molecule has 4 aromatic rings. The maximum atomic E-state index is 6.28. The van der Waals surface area contributed by atoms with Gasteiger partial charge in [-0.05, 0) is 28.8 Å². The molecule has 158 valence electrons. The molecule has 31 heavy (non-hydrogen) atoms. The highest BCUT2D eigenvalue weighted by Crippen LogP contribution is 2.28. The van der Waals surface area contributed by atoms with Crippen LogP contribution in [0.2, 0.25) is 5.02 Å². The Morgan fingerprint density at radius 3 is 2.61 bits per heavy atom. The minimum absolute atomic E-state index is 0.604. The summed E-state index contributed by atoms with van der Waals surface area (Å²) in [6, 6.07) is 18.7. The molecule has 0 aliphatic carbocycles. The number of aromatic amines is 1. The summed E-state index contributed by atoms with van der Waals surface area (Å²) in [5.41, 5.74) is 5.36. The van der Waals surface area contributed by atoms with Gasteiger partial charge in [0.2, 0.25) is 0 Å². The van der Waals surface area contributed by atoms with Crippen LogP contribution in [0.4, 0.5) is 5.82 Å².